The Kier molecular flexibility index (Phi) is 3.65. The summed E-state index contributed by atoms with van der Waals surface area (Å²) in [6, 6.07) is 9.47. The lowest BCUT2D eigenvalue weighted by atomic mass is 10.2. The molecule has 1 aliphatic heterocycles. The van der Waals surface area contributed by atoms with Gasteiger partial charge in [-0.15, -0.1) is 0 Å². The first-order valence-corrected chi connectivity index (χ1v) is 6.23. The SMILES string of the molecule is CC(C)C(=O)N[C@H]1CC(=O)N(c2ccccc2)C1. The summed E-state index contributed by atoms with van der Waals surface area (Å²) in [6.45, 7) is 4.25. The summed E-state index contributed by atoms with van der Waals surface area (Å²) < 4.78 is 0. The van der Waals surface area contributed by atoms with Gasteiger partial charge in [-0.2, -0.15) is 0 Å². The van der Waals surface area contributed by atoms with Crippen LogP contribution in [0.25, 0.3) is 0 Å². The van der Waals surface area contributed by atoms with Crippen molar-refractivity contribution in [1.82, 2.24) is 5.32 Å². The third-order valence-corrected chi connectivity index (χ3v) is 3.06. The summed E-state index contributed by atoms with van der Waals surface area (Å²) in [7, 11) is 0. The number of amides is 2. The van der Waals surface area contributed by atoms with Gasteiger partial charge in [0.25, 0.3) is 0 Å². The highest BCUT2D eigenvalue weighted by Gasteiger charge is 2.31. The van der Waals surface area contributed by atoms with Gasteiger partial charge in [-0.3, -0.25) is 9.59 Å². The summed E-state index contributed by atoms with van der Waals surface area (Å²) in [4.78, 5) is 25.2. The van der Waals surface area contributed by atoms with Crippen LogP contribution in [-0.2, 0) is 9.59 Å². The fourth-order valence-corrected chi connectivity index (χ4v) is 2.03. The number of carbonyl (C=O) groups excluding carboxylic acids is 2. The Labute approximate surface area is 107 Å². The molecule has 4 heteroatoms. The fraction of sp³-hybridized carbons (Fsp3) is 0.429. The number of hydrogen-bond acceptors (Lipinski definition) is 2. The zero-order valence-corrected chi connectivity index (χ0v) is 10.7. The van der Waals surface area contributed by atoms with Crippen molar-refractivity contribution in [2.45, 2.75) is 26.3 Å². The minimum Gasteiger partial charge on any atom is -0.351 e. The zero-order valence-electron chi connectivity index (χ0n) is 10.7. The fourth-order valence-electron chi connectivity index (χ4n) is 2.03. The van der Waals surface area contributed by atoms with Crippen LogP contribution in [0.5, 0.6) is 0 Å². The first-order valence-electron chi connectivity index (χ1n) is 6.23. The molecule has 1 aromatic rings. The number of carbonyl (C=O) groups is 2. The average Bonchev–Trinajstić information content (AvgIpc) is 2.71. The van der Waals surface area contributed by atoms with E-state index in [0.29, 0.717) is 13.0 Å². The van der Waals surface area contributed by atoms with Crippen LogP contribution < -0.4 is 10.2 Å². The highest BCUT2D eigenvalue weighted by Crippen LogP contribution is 2.21. The van der Waals surface area contributed by atoms with E-state index in [1.165, 1.54) is 0 Å². The summed E-state index contributed by atoms with van der Waals surface area (Å²) in [5.74, 6) is 0.0174. The Morgan fingerprint density at radius 1 is 1.33 bits per heavy atom. The van der Waals surface area contributed by atoms with Crippen LogP contribution in [0, 0.1) is 5.92 Å². The second-order valence-corrected chi connectivity index (χ2v) is 4.90. The predicted molar refractivity (Wildman–Crippen MR) is 70.2 cm³/mol. The molecule has 0 saturated carbocycles. The maximum Gasteiger partial charge on any atom is 0.229 e. The zero-order chi connectivity index (χ0) is 13.1. The van der Waals surface area contributed by atoms with E-state index < -0.39 is 0 Å². The lowest BCUT2D eigenvalue weighted by molar-refractivity contribution is -0.124. The summed E-state index contributed by atoms with van der Waals surface area (Å²) in [5.41, 5.74) is 0.892. The molecule has 0 bridgehead atoms. The molecule has 0 unspecified atom stereocenters. The standard InChI is InChI=1S/C14H18N2O2/c1-10(2)14(18)15-11-8-13(17)16(9-11)12-6-4-3-5-7-12/h3-7,10-11H,8-9H2,1-2H3,(H,15,18)/t11-/m0/s1. The van der Waals surface area contributed by atoms with E-state index in [1.54, 1.807) is 4.90 Å². The van der Waals surface area contributed by atoms with Crippen molar-refractivity contribution in [2.24, 2.45) is 5.92 Å². The lowest BCUT2D eigenvalue weighted by Crippen LogP contribution is -2.39. The number of hydrogen-bond donors (Lipinski definition) is 1. The molecule has 2 rings (SSSR count). The van der Waals surface area contributed by atoms with Crippen molar-refractivity contribution in [3.63, 3.8) is 0 Å². The number of nitrogens with one attached hydrogen (secondary N) is 1. The molecule has 18 heavy (non-hydrogen) atoms. The molecule has 1 fully saturated rings. The Balaban J connectivity index is 2.02. The molecular weight excluding hydrogens is 228 g/mol. The molecule has 0 spiro atoms. The van der Waals surface area contributed by atoms with Crippen molar-refractivity contribution < 1.29 is 9.59 Å². The van der Waals surface area contributed by atoms with Crippen molar-refractivity contribution >= 4 is 17.5 Å². The molecule has 0 aliphatic carbocycles. The van der Waals surface area contributed by atoms with Gasteiger partial charge in [0.1, 0.15) is 0 Å². The van der Waals surface area contributed by atoms with Gasteiger partial charge in [0.2, 0.25) is 11.8 Å². The molecule has 0 radical (unpaired) electrons. The minimum atomic E-state index is -0.0763. The van der Waals surface area contributed by atoms with Gasteiger partial charge in [-0.05, 0) is 12.1 Å². The van der Waals surface area contributed by atoms with E-state index in [0.717, 1.165) is 5.69 Å². The van der Waals surface area contributed by atoms with E-state index in [1.807, 2.05) is 44.2 Å². The molecule has 1 aromatic carbocycles. The minimum absolute atomic E-state index is 0.00251. The van der Waals surface area contributed by atoms with Gasteiger partial charge in [-0.1, -0.05) is 32.0 Å². The molecule has 1 heterocycles. The second-order valence-electron chi connectivity index (χ2n) is 4.90. The van der Waals surface area contributed by atoms with Gasteiger partial charge in [0.05, 0.1) is 6.04 Å². The van der Waals surface area contributed by atoms with E-state index in [9.17, 15) is 9.59 Å². The molecular formula is C14H18N2O2. The maximum absolute atomic E-state index is 11.9. The van der Waals surface area contributed by atoms with Gasteiger partial charge in [0.15, 0.2) is 0 Å². The van der Waals surface area contributed by atoms with E-state index in [2.05, 4.69) is 5.32 Å². The van der Waals surface area contributed by atoms with Crippen LogP contribution in [0.3, 0.4) is 0 Å². The molecule has 0 aromatic heterocycles. The topological polar surface area (TPSA) is 49.4 Å². The van der Waals surface area contributed by atoms with Gasteiger partial charge >= 0.3 is 0 Å². The predicted octanol–water partition coefficient (Wildman–Crippen LogP) is 1.56. The van der Waals surface area contributed by atoms with Crippen molar-refractivity contribution in [3.05, 3.63) is 30.3 Å². The van der Waals surface area contributed by atoms with Gasteiger partial charge in [-0.25, -0.2) is 0 Å². The number of nitrogens with zero attached hydrogens (tertiary/aromatic N) is 1. The number of para-hydroxylation sites is 1. The summed E-state index contributed by atoms with van der Waals surface area (Å²) in [6.07, 6.45) is 0.382. The number of anilines is 1. The summed E-state index contributed by atoms with van der Waals surface area (Å²) >= 11 is 0. The quantitative estimate of drug-likeness (QED) is 0.880. The third-order valence-electron chi connectivity index (χ3n) is 3.06. The first kappa shape index (κ1) is 12.6. The smallest absolute Gasteiger partial charge is 0.229 e. The molecule has 2 amide bonds. The van der Waals surface area contributed by atoms with Crippen LogP contribution in [0.15, 0.2) is 30.3 Å². The Hall–Kier alpha value is -1.84. The highest BCUT2D eigenvalue weighted by molar-refractivity contribution is 5.96. The largest absolute Gasteiger partial charge is 0.351 e. The first-order chi connectivity index (χ1) is 8.58. The van der Waals surface area contributed by atoms with Gasteiger partial charge in [0, 0.05) is 24.6 Å². The number of rotatable bonds is 3. The second kappa shape index (κ2) is 5.21. The molecule has 4 nitrogen and oxygen atoms in total. The Bertz CT molecular complexity index is 442. The Morgan fingerprint density at radius 3 is 2.61 bits per heavy atom. The van der Waals surface area contributed by atoms with Crippen LogP contribution in [0.4, 0.5) is 5.69 Å². The molecule has 1 saturated heterocycles. The maximum atomic E-state index is 11.9. The van der Waals surface area contributed by atoms with Crippen LogP contribution in [0.1, 0.15) is 20.3 Å². The van der Waals surface area contributed by atoms with E-state index >= 15 is 0 Å². The van der Waals surface area contributed by atoms with Crippen LogP contribution >= 0.6 is 0 Å². The Morgan fingerprint density at radius 2 is 2.00 bits per heavy atom. The van der Waals surface area contributed by atoms with Crippen LogP contribution in [-0.4, -0.2) is 24.4 Å². The van der Waals surface area contributed by atoms with Gasteiger partial charge < -0.3 is 10.2 Å². The molecule has 1 N–H and O–H groups in total. The monoisotopic (exact) mass is 246 g/mol. The van der Waals surface area contributed by atoms with Crippen molar-refractivity contribution in [3.8, 4) is 0 Å². The van der Waals surface area contributed by atoms with Crippen LogP contribution in [0.2, 0.25) is 0 Å². The number of benzene rings is 1. The highest BCUT2D eigenvalue weighted by atomic mass is 16.2. The molecule has 1 aliphatic rings. The summed E-state index contributed by atoms with van der Waals surface area (Å²) in [5, 5.41) is 2.91. The molecule has 96 valence electrons. The normalized spacial score (nSPS) is 19.4. The molecule has 1 atom stereocenters. The average molecular weight is 246 g/mol. The van der Waals surface area contributed by atoms with Crippen molar-refractivity contribution in [1.29, 1.82) is 0 Å². The third kappa shape index (κ3) is 2.70. The van der Waals surface area contributed by atoms with E-state index in [-0.39, 0.29) is 23.8 Å². The van der Waals surface area contributed by atoms with E-state index in [4.69, 9.17) is 0 Å². The van der Waals surface area contributed by atoms with Crippen molar-refractivity contribution in [2.75, 3.05) is 11.4 Å². The lowest BCUT2D eigenvalue weighted by Gasteiger charge is -2.17.